The predicted octanol–water partition coefficient (Wildman–Crippen LogP) is 3.33. The normalized spacial score (nSPS) is 29.2. The molecule has 3 atom stereocenters. The minimum atomic E-state index is 0.650. The number of nitrogens with zero attached hydrogens (tertiary/aromatic N) is 1. The Bertz CT molecular complexity index is 751. The van der Waals surface area contributed by atoms with E-state index in [0.29, 0.717) is 5.92 Å². The summed E-state index contributed by atoms with van der Waals surface area (Å²) in [6.45, 7) is 3.64. The molecule has 2 aromatic rings. The van der Waals surface area contributed by atoms with E-state index in [9.17, 15) is 0 Å². The fourth-order valence-corrected chi connectivity index (χ4v) is 4.46. The summed E-state index contributed by atoms with van der Waals surface area (Å²) < 4.78 is 0. The molecule has 0 amide bonds. The van der Waals surface area contributed by atoms with Crippen molar-refractivity contribution in [2.45, 2.75) is 12.8 Å². The molecule has 3 heterocycles. The average Bonchev–Trinajstić information content (AvgIpc) is 2.53. The Labute approximate surface area is 130 Å². The minimum absolute atomic E-state index is 0.650. The third kappa shape index (κ3) is 2.00. The summed E-state index contributed by atoms with van der Waals surface area (Å²) in [6, 6.07) is 14.7. The Hall–Kier alpha value is -2.00. The fourth-order valence-electron chi connectivity index (χ4n) is 4.46. The van der Waals surface area contributed by atoms with E-state index >= 15 is 0 Å². The summed E-state index contributed by atoms with van der Waals surface area (Å²) in [5.74, 6) is 2.42. The van der Waals surface area contributed by atoms with Gasteiger partial charge in [0.2, 0.25) is 0 Å². The van der Waals surface area contributed by atoms with Crippen LogP contribution in [0.4, 0.5) is 0 Å². The number of rotatable bonds is 3. The highest BCUT2D eigenvalue weighted by Crippen LogP contribution is 2.42. The number of hydrogen-bond donors (Lipinski definition) is 1. The van der Waals surface area contributed by atoms with Crippen LogP contribution in [0.1, 0.15) is 12.8 Å². The van der Waals surface area contributed by atoms with Gasteiger partial charge in [-0.2, -0.15) is 0 Å². The van der Waals surface area contributed by atoms with Gasteiger partial charge in [0.1, 0.15) is 0 Å². The molecular formula is C19H20N2O. The number of benzene rings is 2. The highest BCUT2D eigenvalue weighted by atomic mass is 16.6. The van der Waals surface area contributed by atoms with Gasteiger partial charge < -0.3 is 4.84 Å². The lowest BCUT2D eigenvalue weighted by atomic mass is 9.73. The lowest BCUT2D eigenvalue weighted by Gasteiger charge is -2.49. The van der Waals surface area contributed by atoms with E-state index < -0.39 is 0 Å². The first-order chi connectivity index (χ1) is 10.8. The molecule has 6 rings (SSSR count). The van der Waals surface area contributed by atoms with Gasteiger partial charge >= 0.3 is 0 Å². The number of hydroxylamine groups is 1. The number of hydrogen-bond acceptors (Lipinski definition) is 3. The molecule has 3 nitrogen and oxygen atoms in total. The molecule has 0 saturated carbocycles. The molecule has 1 aliphatic carbocycles. The first-order valence-corrected chi connectivity index (χ1v) is 8.21. The Morgan fingerprint density at radius 3 is 2.82 bits per heavy atom. The van der Waals surface area contributed by atoms with Crippen molar-refractivity contribution in [2.75, 3.05) is 19.6 Å². The molecule has 1 N–H and O–H groups in total. The Morgan fingerprint density at radius 2 is 1.95 bits per heavy atom. The fraction of sp³-hybridized carbons (Fsp3) is 0.368. The van der Waals surface area contributed by atoms with Crippen LogP contribution in [0.15, 0.2) is 53.7 Å². The number of piperidine rings is 2. The van der Waals surface area contributed by atoms with Crippen molar-refractivity contribution in [3.63, 3.8) is 0 Å². The summed E-state index contributed by atoms with van der Waals surface area (Å²) >= 11 is 0. The first kappa shape index (κ1) is 12.5. The third-order valence-corrected chi connectivity index (χ3v) is 5.35. The Morgan fingerprint density at radius 1 is 1.05 bits per heavy atom. The average molecular weight is 292 g/mol. The maximum absolute atomic E-state index is 5.91. The van der Waals surface area contributed by atoms with Gasteiger partial charge in [-0.3, -0.25) is 4.90 Å². The van der Waals surface area contributed by atoms with E-state index in [2.05, 4.69) is 46.8 Å². The van der Waals surface area contributed by atoms with Crippen LogP contribution >= 0.6 is 0 Å². The molecule has 0 spiro atoms. The molecule has 0 radical (unpaired) electrons. The topological polar surface area (TPSA) is 24.5 Å². The Balaban J connectivity index is 1.38. The van der Waals surface area contributed by atoms with Gasteiger partial charge in [0.25, 0.3) is 0 Å². The van der Waals surface area contributed by atoms with Crippen LogP contribution in [-0.4, -0.2) is 24.5 Å². The van der Waals surface area contributed by atoms with Crippen molar-refractivity contribution in [1.82, 2.24) is 10.4 Å². The van der Waals surface area contributed by atoms with Crippen molar-refractivity contribution >= 4 is 10.8 Å². The van der Waals surface area contributed by atoms with Gasteiger partial charge in [0.05, 0.1) is 5.70 Å². The summed E-state index contributed by atoms with van der Waals surface area (Å²) in [5.41, 5.74) is 6.23. The Kier molecular flexibility index (Phi) is 2.71. The smallest absolute Gasteiger partial charge is 0.155 e. The largest absolute Gasteiger partial charge is 0.382 e. The zero-order valence-corrected chi connectivity index (χ0v) is 12.6. The molecule has 2 aromatic carbocycles. The highest BCUT2D eigenvalue weighted by Gasteiger charge is 2.41. The van der Waals surface area contributed by atoms with E-state index in [0.717, 1.165) is 18.2 Å². The number of nitrogens with one attached hydrogen (secondary N) is 1. The van der Waals surface area contributed by atoms with Crippen LogP contribution < -0.4 is 10.3 Å². The lowest BCUT2D eigenvalue weighted by Crippen LogP contribution is -2.52. The summed E-state index contributed by atoms with van der Waals surface area (Å²) in [6.07, 6.45) is 2.58. The minimum Gasteiger partial charge on any atom is -0.382 e. The van der Waals surface area contributed by atoms with Crippen LogP contribution in [0.5, 0.6) is 5.75 Å². The van der Waals surface area contributed by atoms with Crippen LogP contribution in [0.2, 0.25) is 0 Å². The van der Waals surface area contributed by atoms with Crippen molar-refractivity contribution in [3.05, 3.63) is 53.7 Å². The van der Waals surface area contributed by atoms with E-state index in [1.54, 1.807) is 5.57 Å². The standard InChI is InChI=1S/C19H20N2O/c1-2-4-15-9-18(6-5-14(15)3-1)22-20-19-16-7-13-8-17(19)12-21(10-13)11-16/h1-6,9,13,16,20H,7-8,10-12H2. The first-order valence-electron chi connectivity index (χ1n) is 8.21. The summed E-state index contributed by atoms with van der Waals surface area (Å²) in [5, 5.41) is 2.47. The monoisotopic (exact) mass is 292 g/mol. The van der Waals surface area contributed by atoms with Crippen molar-refractivity contribution in [2.24, 2.45) is 11.8 Å². The van der Waals surface area contributed by atoms with Crippen LogP contribution in [-0.2, 0) is 0 Å². The van der Waals surface area contributed by atoms with Crippen molar-refractivity contribution < 1.29 is 4.84 Å². The van der Waals surface area contributed by atoms with E-state index in [4.69, 9.17) is 4.84 Å². The highest BCUT2D eigenvalue weighted by molar-refractivity contribution is 5.83. The SMILES string of the molecule is c1ccc2cc(ONC3=C4CC5CC3CN(C4)C5)ccc2c1. The molecule has 4 bridgehead atoms. The third-order valence-electron chi connectivity index (χ3n) is 5.35. The molecule has 112 valence electrons. The second kappa shape index (κ2) is 4.75. The van der Waals surface area contributed by atoms with Gasteiger partial charge in [-0.1, -0.05) is 30.3 Å². The zero-order valence-electron chi connectivity index (χ0n) is 12.6. The van der Waals surface area contributed by atoms with Gasteiger partial charge in [-0.25, -0.2) is 5.48 Å². The van der Waals surface area contributed by atoms with E-state index in [1.165, 1.54) is 42.4 Å². The van der Waals surface area contributed by atoms with Crippen molar-refractivity contribution in [1.29, 1.82) is 0 Å². The van der Waals surface area contributed by atoms with Crippen LogP contribution in [0.25, 0.3) is 10.8 Å². The van der Waals surface area contributed by atoms with Gasteiger partial charge in [-0.15, -0.1) is 0 Å². The van der Waals surface area contributed by atoms with Crippen LogP contribution in [0, 0.1) is 11.8 Å². The summed E-state index contributed by atoms with van der Waals surface area (Å²) in [4.78, 5) is 8.51. The number of fused-ring (bicyclic) bond motifs is 1. The molecule has 2 saturated heterocycles. The molecule has 3 heteroatoms. The van der Waals surface area contributed by atoms with E-state index in [-0.39, 0.29) is 0 Å². The quantitative estimate of drug-likeness (QED) is 0.878. The van der Waals surface area contributed by atoms with Crippen LogP contribution in [0.3, 0.4) is 0 Å². The molecule has 2 fully saturated rings. The molecular weight excluding hydrogens is 272 g/mol. The maximum Gasteiger partial charge on any atom is 0.155 e. The van der Waals surface area contributed by atoms with Gasteiger partial charge in [0.15, 0.2) is 5.75 Å². The lowest BCUT2D eigenvalue weighted by molar-refractivity contribution is 0.0765. The summed E-state index contributed by atoms with van der Waals surface area (Å²) in [7, 11) is 0. The maximum atomic E-state index is 5.91. The molecule has 3 unspecified atom stereocenters. The second-order valence-corrected chi connectivity index (χ2v) is 6.93. The van der Waals surface area contributed by atoms with Crippen molar-refractivity contribution in [3.8, 4) is 5.75 Å². The van der Waals surface area contributed by atoms with Gasteiger partial charge in [-0.05, 0) is 47.2 Å². The van der Waals surface area contributed by atoms with Gasteiger partial charge in [0, 0.05) is 25.6 Å². The molecule has 3 aliphatic heterocycles. The van der Waals surface area contributed by atoms with E-state index in [1.807, 2.05) is 6.07 Å². The molecule has 22 heavy (non-hydrogen) atoms. The molecule has 0 aromatic heterocycles. The molecule has 4 aliphatic rings. The predicted molar refractivity (Wildman–Crippen MR) is 87.4 cm³/mol. The second-order valence-electron chi connectivity index (χ2n) is 6.93. The zero-order chi connectivity index (χ0) is 14.5.